The standard InChI is InChI=1S/C38H38N2O9/c1-48-29-17-24(43)18-30(49-2)34(29)32-25-11-12-26-31(37(46)39(35(26)44)15-13-20-3-7-22(41)8-4-20)27(25)19-28-33(32)38(47)40(36(28)45)16-14-21-5-9-23(42)10-6-21/h3-11,17-18,26-28,31-33,41-43H,12-16,19H2,1-2H3. The minimum absolute atomic E-state index is 0.0933. The minimum Gasteiger partial charge on any atom is -0.508 e. The van der Waals surface area contributed by atoms with E-state index in [-0.39, 0.29) is 71.9 Å². The molecule has 3 aromatic carbocycles. The topological polar surface area (TPSA) is 154 Å². The average Bonchev–Trinajstić information content (AvgIpc) is 3.49. The number of phenols is 3. The van der Waals surface area contributed by atoms with E-state index in [0.717, 1.165) is 16.7 Å². The molecule has 2 aliphatic heterocycles. The number of benzene rings is 3. The summed E-state index contributed by atoms with van der Waals surface area (Å²) in [5, 5.41) is 29.8. The summed E-state index contributed by atoms with van der Waals surface area (Å²) in [6.45, 7) is 0.333. The fourth-order valence-electron chi connectivity index (χ4n) is 8.52. The second-order valence-electron chi connectivity index (χ2n) is 13.3. The molecule has 2 heterocycles. The van der Waals surface area contributed by atoms with Crippen LogP contribution in [0.5, 0.6) is 28.7 Å². The number of phenolic OH excluding ortho intramolecular Hbond substituents is 3. The number of imide groups is 2. The van der Waals surface area contributed by atoms with Gasteiger partial charge in [0.2, 0.25) is 23.6 Å². The predicted molar refractivity (Wildman–Crippen MR) is 176 cm³/mol. The first-order valence-corrected chi connectivity index (χ1v) is 16.5. The van der Waals surface area contributed by atoms with Crippen LogP contribution in [0.2, 0.25) is 0 Å². The summed E-state index contributed by atoms with van der Waals surface area (Å²) in [6.07, 6.45) is 3.33. The number of amides is 4. The molecule has 0 radical (unpaired) electrons. The van der Waals surface area contributed by atoms with Crippen molar-refractivity contribution in [3.05, 3.63) is 89.0 Å². The Balaban J connectivity index is 1.25. The van der Waals surface area contributed by atoms with Crippen molar-refractivity contribution in [2.24, 2.45) is 29.6 Å². The fraction of sp³-hybridized carbons (Fsp3) is 0.368. The van der Waals surface area contributed by atoms with Crippen molar-refractivity contribution < 1.29 is 44.0 Å². The number of hydrogen-bond donors (Lipinski definition) is 3. The van der Waals surface area contributed by atoms with Crippen LogP contribution in [0.25, 0.3) is 0 Å². The number of aromatic hydroxyl groups is 3. The van der Waals surface area contributed by atoms with Crippen molar-refractivity contribution in [1.82, 2.24) is 9.80 Å². The molecular weight excluding hydrogens is 628 g/mol. The molecule has 3 aromatic rings. The van der Waals surface area contributed by atoms with Crippen LogP contribution in [0, 0.1) is 29.6 Å². The summed E-state index contributed by atoms with van der Waals surface area (Å²) in [5.41, 5.74) is 3.04. The third-order valence-electron chi connectivity index (χ3n) is 10.8. The molecule has 49 heavy (non-hydrogen) atoms. The van der Waals surface area contributed by atoms with Gasteiger partial charge in [-0.3, -0.25) is 29.0 Å². The van der Waals surface area contributed by atoms with Crippen molar-refractivity contribution in [1.29, 1.82) is 0 Å². The molecule has 254 valence electrons. The zero-order chi connectivity index (χ0) is 34.6. The molecule has 0 aromatic heterocycles. The Kier molecular flexibility index (Phi) is 8.30. The molecular formula is C38H38N2O9. The Hall–Kier alpha value is -5.32. The first-order valence-electron chi connectivity index (χ1n) is 16.5. The summed E-state index contributed by atoms with van der Waals surface area (Å²) in [4.78, 5) is 59.1. The molecule has 4 aliphatic rings. The van der Waals surface area contributed by atoms with Gasteiger partial charge in [-0.05, 0) is 67.0 Å². The third kappa shape index (κ3) is 5.47. The molecule has 0 spiro atoms. The number of carbonyl (C=O) groups is 4. The quantitative estimate of drug-likeness (QED) is 0.228. The van der Waals surface area contributed by atoms with Gasteiger partial charge in [0.05, 0.1) is 37.9 Å². The Morgan fingerprint density at radius 1 is 0.633 bits per heavy atom. The lowest BCUT2D eigenvalue weighted by Crippen LogP contribution is -2.43. The fourth-order valence-corrected chi connectivity index (χ4v) is 8.52. The maximum Gasteiger partial charge on any atom is 0.234 e. The van der Waals surface area contributed by atoms with Crippen LogP contribution in [0.3, 0.4) is 0 Å². The van der Waals surface area contributed by atoms with Crippen LogP contribution in [0.1, 0.15) is 35.4 Å². The Morgan fingerprint density at radius 2 is 1.12 bits per heavy atom. The van der Waals surface area contributed by atoms with E-state index in [2.05, 4.69) is 0 Å². The van der Waals surface area contributed by atoms with E-state index >= 15 is 0 Å². The van der Waals surface area contributed by atoms with Crippen LogP contribution >= 0.6 is 0 Å². The monoisotopic (exact) mass is 666 g/mol. The molecule has 6 atom stereocenters. The number of methoxy groups -OCH3 is 2. The lowest BCUT2D eigenvalue weighted by Gasteiger charge is -2.44. The Labute approximate surface area is 283 Å². The third-order valence-corrected chi connectivity index (χ3v) is 10.8. The van der Waals surface area contributed by atoms with Crippen LogP contribution in [-0.4, -0.2) is 76.1 Å². The van der Waals surface area contributed by atoms with Gasteiger partial charge < -0.3 is 24.8 Å². The summed E-state index contributed by atoms with van der Waals surface area (Å²) in [5.74, 6) is -4.49. The van der Waals surface area contributed by atoms with Crippen molar-refractivity contribution in [3.63, 3.8) is 0 Å². The van der Waals surface area contributed by atoms with E-state index in [9.17, 15) is 34.5 Å². The Bertz CT molecular complexity index is 1830. The maximum atomic E-state index is 14.3. The largest absolute Gasteiger partial charge is 0.508 e. The van der Waals surface area contributed by atoms with E-state index in [4.69, 9.17) is 9.47 Å². The zero-order valence-corrected chi connectivity index (χ0v) is 27.2. The van der Waals surface area contributed by atoms with Crippen molar-refractivity contribution in [2.45, 2.75) is 31.6 Å². The second-order valence-corrected chi connectivity index (χ2v) is 13.3. The highest BCUT2D eigenvalue weighted by molar-refractivity contribution is 6.08. The lowest BCUT2D eigenvalue weighted by atomic mass is 9.57. The zero-order valence-electron chi connectivity index (χ0n) is 27.2. The number of ether oxygens (including phenoxy) is 2. The van der Waals surface area contributed by atoms with Gasteiger partial charge in [-0.15, -0.1) is 0 Å². The van der Waals surface area contributed by atoms with E-state index in [1.54, 1.807) is 48.5 Å². The van der Waals surface area contributed by atoms with Crippen LogP contribution < -0.4 is 9.47 Å². The van der Waals surface area contributed by atoms with Gasteiger partial charge in [0.25, 0.3) is 0 Å². The number of hydrogen-bond acceptors (Lipinski definition) is 9. The number of allylic oxidation sites excluding steroid dienone is 2. The molecule has 2 saturated heterocycles. The molecule has 3 fully saturated rings. The molecule has 11 heteroatoms. The summed E-state index contributed by atoms with van der Waals surface area (Å²) in [6, 6.07) is 16.2. The molecule has 1 saturated carbocycles. The van der Waals surface area contributed by atoms with Crippen LogP contribution in [0.4, 0.5) is 0 Å². The molecule has 6 unspecified atom stereocenters. The summed E-state index contributed by atoms with van der Waals surface area (Å²) < 4.78 is 11.5. The van der Waals surface area contributed by atoms with Crippen molar-refractivity contribution in [3.8, 4) is 28.7 Å². The smallest absolute Gasteiger partial charge is 0.234 e. The predicted octanol–water partition coefficient (Wildman–Crippen LogP) is 3.94. The highest BCUT2D eigenvalue weighted by atomic mass is 16.5. The van der Waals surface area contributed by atoms with Gasteiger partial charge in [-0.2, -0.15) is 0 Å². The molecule has 7 rings (SSSR count). The minimum atomic E-state index is -0.809. The molecule has 2 aliphatic carbocycles. The van der Waals surface area contributed by atoms with E-state index in [0.29, 0.717) is 24.8 Å². The lowest BCUT2D eigenvalue weighted by molar-refractivity contribution is -0.142. The van der Waals surface area contributed by atoms with Crippen LogP contribution in [0.15, 0.2) is 72.3 Å². The van der Waals surface area contributed by atoms with Gasteiger partial charge in [-0.25, -0.2) is 0 Å². The first-order chi connectivity index (χ1) is 23.6. The van der Waals surface area contributed by atoms with Gasteiger partial charge in [0.1, 0.15) is 28.7 Å². The molecule has 11 nitrogen and oxygen atoms in total. The SMILES string of the molecule is COc1cc(O)cc(OC)c1C1C2=CCC3C(=O)N(CCc4ccc(O)cc4)C(=O)C3C2CC2C(=O)N(CCc3ccc(O)cc3)C(=O)C21. The van der Waals surface area contributed by atoms with Gasteiger partial charge in [0.15, 0.2) is 0 Å². The van der Waals surface area contributed by atoms with E-state index in [1.165, 1.54) is 36.2 Å². The summed E-state index contributed by atoms with van der Waals surface area (Å²) in [7, 11) is 2.91. The van der Waals surface area contributed by atoms with Crippen molar-refractivity contribution >= 4 is 23.6 Å². The second kappa shape index (κ2) is 12.6. The van der Waals surface area contributed by atoms with Crippen molar-refractivity contribution in [2.75, 3.05) is 27.3 Å². The Morgan fingerprint density at radius 3 is 1.63 bits per heavy atom. The highest BCUT2D eigenvalue weighted by Gasteiger charge is 2.62. The van der Waals surface area contributed by atoms with Gasteiger partial charge in [-0.1, -0.05) is 35.9 Å². The number of likely N-dealkylation sites (tertiary alicyclic amines) is 2. The normalized spacial score (nSPS) is 26.0. The number of nitrogens with zero attached hydrogens (tertiary/aromatic N) is 2. The molecule has 4 amide bonds. The van der Waals surface area contributed by atoms with Gasteiger partial charge >= 0.3 is 0 Å². The number of fused-ring (bicyclic) bond motifs is 4. The maximum absolute atomic E-state index is 14.3. The van der Waals surface area contributed by atoms with Gasteiger partial charge in [0, 0.05) is 36.7 Å². The highest BCUT2D eigenvalue weighted by Crippen LogP contribution is 2.60. The molecule has 3 N–H and O–H groups in total. The van der Waals surface area contributed by atoms with E-state index < -0.39 is 35.5 Å². The molecule has 0 bridgehead atoms. The number of rotatable bonds is 9. The average molecular weight is 667 g/mol. The summed E-state index contributed by atoms with van der Waals surface area (Å²) >= 11 is 0. The number of carbonyl (C=O) groups excluding carboxylic acids is 4. The van der Waals surface area contributed by atoms with E-state index in [1.807, 2.05) is 6.08 Å². The first kappa shape index (κ1) is 32.2. The van der Waals surface area contributed by atoms with Crippen LogP contribution in [-0.2, 0) is 32.0 Å².